The highest BCUT2D eigenvalue weighted by Gasteiger charge is 2.09. The van der Waals surface area contributed by atoms with Gasteiger partial charge in [0.25, 0.3) is 5.56 Å². The van der Waals surface area contributed by atoms with Crippen molar-refractivity contribution in [3.8, 4) is 0 Å². The van der Waals surface area contributed by atoms with Crippen LogP contribution in [0.2, 0.25) is 0 Å². The van der Waals surface area contributed by atoms with Gasteiger partial charge >= 0.3 is 0 Å². The molecule has 0 aliphatic heterocycles. The van der Waals surface area contributed by atoms with Crippen LogP contribution in [0.15, 0.2) is 26.4 Å². The van der Waals surface area contributed by atoms with Crippen LogP contribution in [0.3, 0.4) is 0 Å². The maximum atomic E-state index is 12.1. The third-order valence-corrected chi connectivity index (χ3v) is 3.87. The zero-order chi connectivity index (χ0) is 13.8. The number of halogens is 1. The van der Waals surface area contributed by atoms with E-state index in [2.05, 4.69) is 45.2 Å². The molecule has 19 heavy (non-hydrogen) atoms. The Morgan fingerprint density at radius 1 is 1.53 bits per heavy atom. The lowest BCUT2D eigenvalue weighted by Crippen LogP contribution is -2.26. The van der Waals surface area contributed by atoms with E-state index in [-0.39, 0.29) is 5.56 Å². The van der Waals surface area contributed by atoms with Gasteiger partial charge in [0.15, 0.2) is 0 Å². The molecule has 7 heteroatoms. The first-order valence-corrected chi connectivity index (χ1v) is 7.68. The summed E-state index contributed by atoms with van der Waals surface area (Å²) in [7, 11) is 0. The molecule has 0 aliphatic carbocycles. The molecule has 0 amide bonds. The maximum absolute atomic E-state index is 12.1. The minimum Gasteiger partial charge on any atom is -0.377 e. The van der Waals surface area contributed by atoms with Crippen LogP contribution in [0.5, 0.6) is 0 Å². The molecule has 0 atom stereocenters. The molecule has 0 spiro atoms. The number of hydrogen-bond acceptors (Lipinski definition) is 5. The van der Waals surface area contributed by atoms with Crippen LogP contribution in [-0.2, 0) is 13.1 Å². The van der Waals surface area contributed by atoms with Crippen molar-refractivity contribution in [2.24, 2.45) is 5.92 Å². The molecule has 0 aliphatic rings. The van der Waals surface area contributed by atoms with Crippen molar-refractivity contribution in [2.45, 2.75) is 26.9 Å². The normalized spacial score (nSPS) is 10.9. The predicted octanol–water partition coefficient (Wildman–Crippen LogP) is 2.73. The summed E-state index contributed by atoms with van der Waals surface area (Å²) in [6.07, 6.45) is 1.67. The largest absolute Gasteiger partial charge is 0.377 e. The second kappa shape index (κ2) is 6.29. The van der Waals surface area contributed by atoms with E-state index in [0.717, 1.165) is 5.69 Å². The van der Waals surface area contributed by atoms with E-state index in [1.54, 1.807) is 23.0 Å². The van der Waals surface area contributed by atoms with Crippen LogP contribution >= 0.6 is 27.3 Å². The van der Waals surface area contributed by atoms with Crippen LogP contribution in [0.1, 0.15) is 19.5 Å². The maximum Gasteiger partial charge on any atom is 0.283 e. The van der Waals surface area contributed by atoms with Gasteiger partial charge in [0.2, 0.25) is 0 Å². The minimum absolute atomic E-state index is 0.114. The Hall–Kier alpha value is -1.21. The SMILES string of the molecule is CC(C)Cn1ncc(NCc2cscn2)c(Br)c1=O. The van der Waals surface area contributed by atoms with E-state index in [4.69, 9.17) is 0 Å². The fourth-order valence-corrected chi connectivity index (χ4v) is 2.58. The standard InChI is InChI=1S/C12H15BrN4OS/c1-8(2)5-17-12(18)11(13)10(4-16-17)14-3-9-6-19-7-15-9/h4,6-8,14H,3,5H2,1-2H3. The molecule has 0 unspecified atom stereocenters. The highest BCUT2D eigenvalue weighted by molar-refractivity contribution is 9.10. The van der Waals surface area contributed by atoms with Crippen molar-refractivity contribution in [3.05, 3.63) is 37.6 Å². The van der Waals surface area contributed by atoms with Gasteiger partial charge in [0, 0.05) is 11.9 Å². The molecule has 2 aromatic rings. The van der Waals surface area contributed by atoms with E-state index in [0.29, 0.717) is 29.2 Å². The Kier molecular flexibility index (Phi) is 4.71. The number of aromatic nitrogens is 3. The molecule has 5 nitrogen and oxygen atoms in total. The van der Waals surface area contributed by atoms with E-state index in [9.17, 15) is 4.79 Å². The molecule has 2 heterocycles. The van der Waals surface area contributed by atoms with Gasteiger partial charge in [0.05, 0.1) is 29.6 Å². The van der Waals surface area contributed by atoms with Crippen molar-refractivity contribution < 1.29 is 0 Å². The number of rotatable bonds is 5. The summed E-state index contributed by atoms with van der Waals surface area (Å²) in [4.78, 5) is 16.3. The van der Waals surface area contributed by atoms with Crippen molar-refractivity contribution in [2.75, 3.05) is 5.32 Å². The topological polar surface area (TPSA) is 59.8 Å². The molecule has 1 N–H and O–H groups in total. The van der Waals surface area contributed by atoms with Gasteiger partial charge in [0.1, 0.15) is 4.47 Å². The molecular formula is C12H15BrN4OS. The highest BCUT2D eigenvalue weighted by atomic mass is 79.9. The Labute approximate surface area is 123 Å². The summed E-state index contributed by atoms with van der Waals surface area (Å²) in [6.45, 7) is 5.30. The molecule has 0 radical (unpaired) electrons. The molecule has 0 bridgehead atoms. The van der Waals surface area contributed by atoms with E-state index in [1.165, 1.54) is 4.68 Å². The smallest absolute Gasteiger partial charge is 0.283 e. The summed E-state index contributed by atoms with van der Waals surface area (Å²) in [6, 6.07) is 0. The van der Waals surface area contributed by atoms with Gasteiger partial charge < -0.3 is 5.32 Å². The second-order valence-corrected chi connectivity index (χ2v) is 6.10. The highest BCUT2D eigenvalue weighted by Crippen LogP contribution is 2.17. The molecule has 2 rings (SSSR count). The molecule has 2 aromatic heterocycles. The summed E-state index contributed by atoms with van der Waals surface area (Å²) in [5, 5.41) is 9.30. The van der Waals surface area contributed by atoms with Crippen LogP contribution in [0, 0.1) is 5.92 Å². The third-order valence-electron chi connectivity index (χ3n) is 2.47. The van der Waals surface area contributed by atoms with Crippen LogP contribution in [0.4, 0.5) is 5.69 Å². The number of nitrogens with one attached hydrogen (secondary N) is 1. The van der Waals surface area contributed by atoms with Crippen LogP contribution in [0.25, 0.3) is 0 Å². The summed E-state index contributed by atoms with van der Waals surface area (Å²) < 4.78 is 1.99. The summed E-state index contributed by atoms with van der Waals surface area (Å²) in [5.41, 5.74) is 3.31. The molecule has 0 aromatic carbocycles. The fourth-order valence-electron chi connectivity index (χ4n) is 1.57. The minimum atomic E-state index is -0.114. The lowest BCUT2D eigenvalue weighted by molar-refractivity contribution is 0.462. The lowest BCUT2D eigenvalue weighted by atomic mass is 10.2. The molecule has 0 saturated heterocycles. The average molecular weight is 343 g/mol. The second-order valence-electron chi connectivity index (χ2n) is 4.59. The molecule has 0 saturated carbocycles. The number of anilines is 1. The Balaban J connectivity index is 2.14. The number of hydrogen-bond donors (Lipinski definition) is 1. The quantitative estimate of drug-likeness (QED) is 0.907. The summed E-state index contributed by atoms with van der Waals surface area (Å²) in [5.74, 6) is 0.380. The van der Waals surface area contributed by atoms with Gasteiger partial charge in [-0.25, -0.2) is 9.67 Å². The first-order chi connectivity index (χ1) is 9.08. The van der Waals surface area contributed by atoms with E-state index < -0.39 is 0 Å². The van der Waals surface area contributed by atoms with Gasteiger partial charge in [-0.1, -0.05) is 13.8 Å². The van der Waals surface area contributed by atoms with Crippen LogP contribution < -0.4 is 10.9 Å². The third kappa shape index (κ3) is 3.63. The predicted molar refractivity (Wildman–Crippen MR) is 80.5 cm³/mol. The van der Waals surface area contributed by atoms with Gasteiger partial charge in [-0.05, 0) is 21.8 Å². The Morgan fingerprint density at radius 2 is 2.32 bits per heavy atom. The monoisotopic (exact) mass is 342 g/mol. The molecule has 0 fully saturated rings. The zero-order valence-electron chi connectivity index (χ0n) is 10.8. The Morgan fingerprint density at radius 3 is 2.95 bits per heavy atom. The molecule has 102 valence electrons. The van der Waals surface area contributed by atoms with Crippen molar-refractivity contribution in [1.82, 2.24) is 14.8 Å². The van der Waals surface area contributed by atoms with Crippen LogP contribution in [-0.4, -0.2) is 14.8 Å². The van der Waals surface area contributed by atoms with Gasteiger partial charge in [-0.2, -0.15) is 5.10 Å². The van der Waals surface area contributed by atoms with E-state index >= 15 is 0 Å². The first-order valence-electron chi connectivity index (χ1n) is 5.94. The number of thiazole rings is 1. The van der Waals surface area contributed by atoms with Crippen molar-refractivity contribution in [1.29, 1.82) is 0 Å². The Bertz CT molecular complexity index is 594. The lowest BCUT2D eigenvalue weighted by Gasteiger charge is -2.11. The average Bonchev–Trinajstić information content (AvgIpc) is 2.87. The number of nitrogens with zero attached hydrogens (tertiary/aromatic N) is 3. The van der Waals surface area contributed by atoms with Crippen molar-refractivity contribution in [3.63, 3.8) is 0 Å². The van der Waals surface area contributed by atoms with Gasteiger partial charge in [-0.3, -0.25) is 4.79 Å². The van der Waals surface area contributed by atoms with Gasteiger partial charge in [-0.15, -0.1) is 11.3 Å². The summed E-state index contributed by atoms with van der Waals surface area (Å²) >= 11 is 4.88. The zero-order valence-corrected chi connectivity index (χ0v) is 13.2. The van der Waals surface area contributed by atoms with Crippen molar-refractivity contribution >= 4 is 33.0 Å². The molecular weight excluding hydrogens is 328 g/mol. The van der Waals surface area contributed by atoms with E-state index in [1.807, 2.05) is 5.38 Å². The first kappa shape index (κ1) is 14.2. The fraction of sp³-hybridized carbons (Fsp3) is 0.417.